The van der Waals surface area contributed by atoms with E-state index in [0.29, 0.717) is 12.2 Å². The Balaban J connectivity index is 0.00000150. The van der Waals surface area contributed by atoms with Crippen LogP contribution >= 0.6 is 24.8 Å². The lowest BCUT2D eigenvalue weighted by molar-refractivity contribution is 0.291. The van der Waals surface area contributed by atoms with Crippen LogP contribution in [0.5, 0.6) is 0 Å². The number of rotatable bonds is 5. The van der Waals surface area contributed by atoms with E-state index in [-0.39, 0.29) is 24.8 Å². The van der Waals surface area contributed by atoms with Gasteiger partial charge in [0.1, 0.15) is 0 Å². The average molecular weight is 459 g/mol. The zero-order valence-corrected chi connectivity index (χ0v) is 18.7. The maximum atomic E-state index is 13.3. The highest BCUT2D eigenvalue weighted by Crippen LogP contribution is 2.44. The largest absolute Gasteiger partial charge is 0.330 e. The number of halogens is 2. The molecule has 0 aliphatic carbocycles. The standard InChI is InChI=1S/C20H26N4O2S.2ClH/c25-27(26)23(16-7-15-22-14-6-12-21-13-17-22)19-10-4-5-11-20(19)24(27)18-8-2-1-3-9-18;;/h1-5,8-11,21H,6-7,12-17H2;2*1H. The van der Waals surface area contributed by atoms with Crippen molar-refractivity contribution in [3.63, 3.8) is 0 Å². The van der Waals surface area contributed by atoms with Crippen LogP contribution in [-0.4, -0.2) is 52.6 Å². The Labute approximate surface area is 185 Å². The summed E-state index contributed by atoms with van der Waals surface area (Å²) in [7, 11) is -3.61. The molecule has 0 bridgehead atoms. The number of benzene rings is 2. The van der Waals surface area contributed by atoms with Crippen LogP contribution in [0.3, 0.4) is 0 Å². The molecule has 1 saturated heterocycles. The number of nitrogens with one attached hydrogen (secondary N) is 1. The molecule has 0 radical (unpaired) electrons. The van der Waals surface area contributed by atoms with Gasteiger partial charge in [-0.25, -0.2) is 4.31 Å². The van der Waals surface area contributed by atoms with Crippen molar-refractivity contribution in [3.05, 3.63) is 54.6 Å². The monoisotopic (exact) mass is 458 g/mol. The molecule has 0 saturated carbocycles. The fourth-order valence-corrected chi connectivity index (χ4v) is 5.58. The second-order valence-electron chi connectivity index (χ2n) is 6.97. The van der Waals surface area contributed by atoms with Crippen LogP contribution < -0.4 is 13.9 Å². The number of hydrogen-bond donors (Lipinski definition) is 1. The Morgan fingerprint density at radius 3 is 2.28 bits per heavy atom. The quantitative estimate of drug-likeness (QED) is 0.745. The summed E-state index contributed by atoms with van der Waals surface area (Å²) in [5, 5.41) is 3.40. The summed E-state index contributed by atoms with van der Waals surface area (Å²) in [4.78, 5) is 2.42. The highest BCUT2D eigenvalue weighted by Gasteiger charge is 2.40. The van der Waals surface area contributed by atoms with Crippen molar-refractivity contribution in [2.75, 3.05) is 47.9 Å². The smallest absolute Gasteiger partial charge is 0.315 e. The van der Waals surface area contributed by atoms with Crippen LogP contribution in [0.2, 0.25) is 0 Å². The van der Waals surface area contributed by atoms with Crippen LogP contribution in [0.15, 0.2) is 54.6 Å². The van der Waals surface area contributed by atoms with Gasteiger partial charge in [0.25, 0.3) is 0 Å². The third kappa shape index (κ3) is 4.98. The SMILES string of the molecule is Cl.Cl.O=S1(=O)N(CCCN2CCCNCC2)c2ccccc2N1c1ccccc1. The van der Waals surface area contributed by atoms with Crippen molar-refractivity contribution in [1.82, 2.24) is 10.2 Å². The minimum absolute atomic E-state index is 0. The van der Waals surface area contributed by atoms with Gasteiger partial charge in [-0.15, -0.1) is 24.8 Å². The molecule has 9 heteroatoms. The molecule has 2 aromatic rings. The molecule has 2 heterocycles. The number of para-hydroxylation sites is 3. The van der Waals surface area contributed by atoms with E-state index in [4.69, 9.17) is 0 Å². The predicted molar refractivity (Wildman–Crippen MR) is 124 cm³/mol. The van der Waals surface area contributed by atoms with E-state index in [9.17, 15) is 8.42 Å². The second-order valence-corrected chi connectivity index (χ2v) is 8.67. The van der Waals surface area contributed by atoms with Crippen molar-refractivity contribution >= 4 is 52.1 Å². The molecule has 29 heavy (non-hydrogen) atoms. The van der Waals surface area contributed by atoms with Gasteiger partial charge in [0.05, 0.1) is 17.1 Å². The third-order valence-corrected chi connectivity index (χ3v) is 6.94. The minimum atomic E-state index is -3.61. The van der Waals surface area contributed by atoms with Crippen LogP contribution in [0, 0.1) is 0 Å². The molecule has 0 unspecified atom stereocenters. The Morgan fingerprint density at radius 2 is 1.52 bits per heavy atom. The summed E-state index contributed by atoms with van der Waals surface area (Å²) in [6, 6.07) is 16.9. The van der Waals surface area contributed by atoms with Crippen molar-refractivity contribution in [1.29, 1.82) is 0 Å². The summed E-state index contributed by atoms with van der Waals surface area (Å²) in [5.74, 6) is 0. The zero-order chi connectivity index (χ0) is 18.7. The topological polar surface area (TPSA) is 55.9 Å². The third-order valence-electron chi connectivity index (χ3n) is 5.14. The molecular formula is C20H28Cl2N4O2S. The molecule has 2 aliphatic rings. The molecule has 1 N–H and O–H groups in total. The normalized spacial score (nSPS) is 18.3. The maximum Gasteiger partial charge on any atom is 0.330 e. The molecule has 160 valence electrons. The lowest BCUT2D eigenvalue weighted by Gasteiger charge is -2.24. The van der Waals surface area contributed by atoms with Crippen LogP contribution in [0.4, 0.5) is 17.1 Å². The second kappa shape index (κ2) is 10.5. The molecule has 1 fully saturated rings. The van der Waals surface area contributed by atoms with E-state index in [0.717, 1.165) is 56.9 Å². The van der Waals surface area contributed by atoms with Crippen LogP contribution in [0.1, 0.15) is 12.8 Å². The van der Waals surface area contributed by atoms with Gasteiger partial charge in [-0.05, 0) is 56.7 Å². The highest BCUT2D eigenvalue weighted by atomic mass is 35.5. The van der Waals surface area contributed by atoms with E-state index in [1.165, 1.54) is 4.31 Å². The van der Waals surface area contributed by atoms with Crippen LogP contribution in [-0.2, 0) is 10.2 Å². The summed E-state index contributed by atoms with van der Waals surface area (Å²) < 4.78 is 29.6. The van der Waals surface area contributed by atoms with Crippen molar-refractivity contribution in [3.8, 4) is 0 Å². The van der Waals surface area contributed by atoms with E-state index in [2.05, 4.69) is 10.2 Å². The van der Waals surface area contributed by atoms with E-state index >= 15 is 0 Å². The van der Waals surface area contributed by atoms with Gasteiger partial charge in [-0.1, -0.05) is 30.3 Å². The van der Waals surface area contributed by atoms with Gasteiger partial charge in [-0.3, -0.25) is 4.31 Å². The van der Waals surface area contributed by atoms with E-state index in [1.54, 1.807) is 4.31 Å². The molecule has 0 aromatic heterocycles. The zero-order valence-electron chi connectivity index (χ0n) is 16.2. The maximum absolute atomic E-state index is 13.3. The Morgan fingerprint density at radius 1 is 0.828 bits per heavy atom. The molecule has 6 nitrogen and oxygen atoms in total. The van der Waals surface area contributed by atoms with Crippen molar-refractivity contribution in [2.45, 2.75) is 12.8 Å². The number of hydrogen-bond acceptors (Lipinski definition) is 4. The molecule has 2 aliphatic heterocycles. The van der Waals surface area contributed by atoms with E-state index < -0.39 is 10.2 Å². The first kappa shape index (κ1) is 23.8. The van der Waals surface area contributed by atoms with Gasteiger partial charge >= 0.3 is 10.2 Å². The first-order chi connectivity index (χ1) is 13.2. The molecule has 0 spiro atoms. The van der Waals surface area contributed by atoms with Gasteiger partial charge in [0.15, 0.2) is 0 Å². The number of nitrogens with zero attached hydrogens (tertiary/aromatic N) is 3. The van der Waals surface area contributed by atoms with Gasteiger partial charge in [0.2, 0.25) is 0 Å². The Hall–Kier alpha value is -1.51. The predicted octanol–water partition coefficient (Wildman–Crippen LogP) is 3.42. The summed E-state index contributed by atoms with van der Waals surface area (Å²) in [6.07, 6.45) is 1.96. The first-order valence-corrected chi connectivity index (χ1v) is 11.0. The molecule has 0 atom stereocenters. The molecule has 2 aromatic carbocycles. The average Bonchev–Trinajstić information content (AvgIpc) is 2.84. The lowest BCUT2D eigenvalue weighted by atomic mass is 10.2. The number of anilines is 3. The summed E-state index contributed by atoms with van der Waals surface area (Å²) >= 11 is 0. The van der Waals surface area contributed by atoms with Gasteiger partial charge in [0, 0.05) is 19.6 Å². The van der Waals surface area contributed by atoms with Gasteiger partial charge < -0.3 is 10.2 Å². The molecule has 0 amide bonds. The first-order valence-electron chi connectivity index (χ1n) is 9.58. The van der Waals surface area contributed by atoms with Gasteiger partial charge in [-0.2, -0.15) is 8.42 Å². The number of fused-ring (bicyclic) bond motifs is 1. The Kier molecular flexibility index (Phi) is 8.60. The summed E-state index contributed by atoms with van der Waals surface area (Å²) in [6.45, 7) is 5.59. The lowest BCUT2D eigenvalue weighted by Crippen LogP contribution is -2.37. The Bertz CT molecular complexity index is 875. The molecule has 4 rings (SSSR count). The van der Waals surface area contributed by atoms with E-state index in [1.807, 2.05) is 54.6 Å². The van der Waals surface area contributed by atoms with Crippen molar-refractivity contribution < 1.29 is 8.42 Å². The minimum Gasteiger partial charge on any atom is -0.315 e. The highest BCUT2D eigenvalue weighted by molar-refractivity contribution is 7.95. The fourth-order valence-electron chi connectivity index (χ4n) is 3.83. The summed E-state index contributed by atoms with van der Waals surface area (Å²) in [5.41, 5.74) is 2.16. The molecular weight excluding hydrogens is 431 g/mol. The van der Waals surface area contributed by atoms with Crippen molar-refractivity contribution in [2.24, 2.45) is 0 Å². The van der Waals surface area contributed by atoms with Crippen LogP contribution in [0.25, 0.3) is 0 Å². The fraction of sp³-hybridized carbons (Fsp3) is 0.400.